The van der Waals surface area contributed by atoms with E-state index in [0.29, 0.717) is 0 Å². The van der Waals surface area contributed by atoms with Gasteiger partial charge in [-0.15, -0.1) is 12.4 Å². The zero-order valence-electron chi connectivity index (χ0n) is 9.03. The molecule has 0 fully saturated rings. The number of benzene rings is 1. The van der Waals surface area contributed by atoms with Gasteiger partial charge in [0.1, 0.15) is 0 Å². The fourth-order valence-electron chi connectivity index (χ4n) is 1.60. The highest BCUT2D eigenvalue weighted by Crippen LogP contribution is 2.21. The molecule has 0 aliphatic rings. The average molecular weight is 305 g/mol. The van der Waals surface area contributed by atoms with Crippen molar-refractivity contribution in [2.45, 2.75) is 25.8 Å². The molecule has 5 heteroatoms. The van der Waals surface area contributed by atoms with Crippen LogP contribution in [0, 0.1) is 0 Å². The lowest BCUT2D eigenvalue weighted by Gasteiger charge is -2.06. The van der Waals surface area contributed by atoms with Crippen LogP contribution in [-0.4, -0.2) is 16.2 Å². The van der Waals surface area contributed by atoms with E-state index >= 15 is 0 Å². The summed E-state index contributed by atoms with van der Waals surface area (Å²) in [5.74, 6) is 0. The molecule has 0 amide bonds. The number of nitrogens with one attached hydrogen (secondary N) is 1. The first kappa shape index (κ1) is 13.5. The summed E-state index contributed by atoms with van der Waals surface area (Å²) in [7, 11) is 0. The Kier molecular flexibility index (Phi) is 4.77. The molecule has 3 N–H and O–H groups in total. The number of H-pyrrole nitrogens is 1. The number of hydrogen-bond acceptors (Lipinski definition) is 2. The first-order valence-corrected chi connectivity index (χ1v) is 5.88. The van der Waals surface area contributed by atoms with Crippen molar-refractivity contribution in [2.24, 2.45) is 5.73 Å². The van der Waals surface area contributed by atoms with Gasteiger partial charge in [-0.05, 0) is 24.6 Å². The Balaban J connectivity index is 0.00000128. The van der Waals surface area contributed by atoms with Crippen LogP contribution < -0.4 is 5.73 Å². The van der Waals surface area contributed by atoms with E-state index in [1.807, 2.05) is 12.1 Å². The van der Waals surface area contributed by atoms with Crippen LogP contribution in [0.1, 0.15) is 19.0 Å². The van der Waals surface area contributed by atoms with E-state index < -0.39 is 0 Å². The molecule has 0 aliphatic heterocycles. The van der Waals surface area contributed by atoms with Gasteiger partial charge in [-0.2, -0.15) is 5.10 Å². The minimum absolute atomic E-state index is 0. The molecule has 1 unspecified atom stereocenters. The molecule has 1 heterocycles. The molecule has 88 valence electrons. The summed E-state index contributed by atoms with van der Waals surface area (Å²) in [5, 5.41) is 8.48. The minimum Gasteiger partial charge on any atom is -0.327 e. The molecular weight excluding hydrogens is 289 g/mol. The van der Waals surface area contributed by atoms with Crippen molar-refractivity contribution in [2.75, 3.05) is 0 Å². The molecule has 0 saturated heterocycles. The summed E-state index contributed by atoms with van der Waals surface area (Å²) in [4.78, 5) is 0. The highest BCUT2D eigenvalue weighted by Gasteiger charge is 2.08. The maximum Gasteiger partial charge on any atom is 0.0934 e. The predicted molar refractivity (Wildman–Crippen MR) is 73.0 cm³/mol. The van der Waals surface area contributed by atoms with Crippen molar-refractivity contribution in [3.63, 3.8) is 0 Å². The van der Waals surface area contributed by atoms with Crippen LogP contribution in [0.5, 0.6) is 0 Å². The Hall–Kier alpha value is -0.580. The monoisotopic (exact) mass is 303 g/mol. The summed E-state index contributed by atoms with van der Waals surface area (Å²) in [6.45, 7) is 2.10. The highest BCUT2D eigenvalue weighted by molar-refractivity contribution is 9.10. The number of nitrogens with two attached hydrogens (primary N) is 1. The maximum absolute atomic E-state index is 5.93. The van der Waals surface area contributed by atoms with E-state index in [4.69, 9.17) is 5.73 Å². The molecule has 0 saturated carbocycles. The van der Waals surface area contributed by atoms with Crippen LogP contribution >= 0.6 is 28.3 Å². The third-order valence-electron chi connectivity index (χ3n) is 2.59. The van der Waals surface area contributed by atoms with E-state index in [0.717, 1.165) is 28.5 Å². The van der Waals surface area contributed by atoms with Crippen LogP contribution in [-0.2, 0) is 6.42 Å². The second-order valence-corrected chi connectivity index (χ2v) is 4.65. The second kappa shape index (κ2) is 5.66. The highest BCUT2D eigenvalue weighted by atomic mass is 79.9. The SMILES string of the molecule is CCC(N)Cc1[nH]nc2cc(Br)ccc12.Cl. The van der Waals surface area contributed by atoms with Crippen LogP contribution in [0.25, 0.3) is 10.9 Å². The number of fused-ring (bicyclic) bond motifs is 1. The lowest BCUT2D eigenvalue weighted by atomic mass is 10.1. The number of aromatic nitrogens is 2. The van der Waals surface area contributed by atoms with Crippen molar-refractivity contribution >= 4 is 39.2 Å². The molecule has 0 bridgehead atoms. The Bertz CT molecular complexity index is 469. The molecule has 0 spiro atoms. The van der Waals surface area contributed by atoms with Gasteiger partial charge in [0.2, 0.25) is 0 Å². The van der Waals surface area contributed by atoms with E-state index in [2.05, 4.69) is 39.1 Å². The smallest absolute Gasteiger partial charge is 0.0934 e. The normalized spacial score (nSPS) is 12.4. The van der Waals surface area contributed by atoms with Gasteiger partial charge >= 0.3 is 0 Å². The Morgan fingerprint density at radius 3 is 2.94 bits per heavy atom. The van der Waals surface area contributed by atoms with Crippen LogP contribution in [0.2, 0.25) is 0 Å². The van der Waals surface area contributed by atoms with Gasteiger partial charge in [-0.3, -0.25) is 5.10 Å². The minimum atomic E-state index is 0. The lowest BCUT2D eigenvalue weighted by Crippen LogP contribution is -2.21. The first-order chi connectivity index (χ1) is 7.20. The van der Waals surface area contributed by atoms with Crippen LogP contribution in [0.15, 0.2) is 22.7 Å². The molecule has 1 aromatic carbocycles. The molecule has 3 nitrogen and oxygen atoms in total. The van der Waals surface area contributed by atoms with Gasteiger partial charge in [0, 0.05) is 28.0 Å². The molecule has 2 rings (SSSR count). The van der Waals surface area contributed by atoms with Crippen molar-refractivity contribution in [1.82, 2.24) is 10.2 Å². The van der Waals surface area contributed by atoms with Gasteiger partial charge in [-0.1, -0.05) is 22.9 Å². The van der Waals surface area contributed by atoms with E-state index in [1.54, 1.807) is 0 Å². The van der Waals surface area contributed by atoms with E-state index in [9.17, 15) is 0 Å². The molecule has 2 aromatic rings. The maximum atomic E-state index is 5.93. The molecule has 0 radical (unpaired) electrons. The number of rotatable bonds is 3. The van der Waals surface area contributed by atoms with E-state index in [-0.39, 0.29) is 18.4 Å². The van der Waals surface area contributed by atoms with Crippen LogP contribution in [0.3, 0.4) is 0 Å². The Labute approximate surface area is 109 Å². The summed E-state index contributed by atoms with van der Waals surface area (Å²) < 4.78 is 1.05. The van der Waals surface area contributed by atoms with Crippen molar-refractivity contribution in [3.05, 3.63) is 28.4 Å². The van der Waals surface area contributed by atoms with E-state index in [1.165, 1.54) is 5.39 Å². The van der Waals surface area contributed by atoms with Gasteiger partial charge in [-0.25, -0.2) is 0 Å². The quantitative estimate of drug-likeness (QED) is 0.916. The number of aromatic amines is 1. The standard InChI is InChI=1S/C11H14BrN3.ClH/c1-2-8(13)6-11-9-4-3-7(12)5-10(9)14-15-11;/h3-5,8H,2,6,13H2,1H3,(H,14,15);1H. The average Bonchev–Trinajstić information content (AvgIpc) is 2.60. The fraction of sp³-hybridized carbons (Fsp3) is 0.364. The molecule has 16 heavy (non-hydrogen) atoms. The summed E-state index contributed by atoms with van der Waals surface area (Å²) in [5.41, 5.74) is 8.05. The van der Waals surface area contributed by atoms with Gasteiger partial charge < -0.3 is 5.73 Å². The van der Waals surface area contributed by atoms with Crippen molar-refractivity contribution < 1.29 is 0 Å². The third kappa shape index (κ3) is 2.75. The number of halogens is 2. The molecular formula is C11H15BrClN3. The Morgan fingerprint density at radius 2 is 2.25 bits per heavy atom. The molecule has 1 atom stereocenters. The van der Waals surface area contributed by atoms with Crippen molar-refractivity contribution in [1.29, 1.82) is 0 Å². The fourth-order valence-corrected chi connectivity index (χ4v) is 1.95. The third-order valence-corrected chi connectivity index (χ3v) is 3.08. The summed E-state index contributed by atoms with van der Waals surface area (Å²) >= 11 is 3.43. The zero-order chi connectivity index (χ0) is 10.8. The Morgan fingerprint density at radius 1 is 1.50 bits per heavy atom. The number of hydrogen-bond donors (Lipinski definition) is 2. The van der Waals surface area contributed by atoms with Gasteiger partial charge in [0.15, 0.2) is 0 Å². The first-order valence-electron chi connectivity index (χ1n) is 5.08. The lowest BCUT2D eigenvalue weighted by molar-refractivity contribution is 0.637. The summed E-state index contributed by atoms with van der Waals surface area (Å²) in [6.07, 6.45) is 1.84. The molecule has 1 aromatic heterocycles. The molecule has 0 aliphatic carbocycles. The predicted octanol–water partition coefficient (Wildman–Crippen LogP) is 3.03. The second-order valence-electron chi connectivity index (χ2n) is 3.74. The topological polar surface area (TPSA) is 54.7 Å². The summed E-state index contributed by atoms with van der Waals surface area (Å²) in [6, 6.07) is 6.31. The van der Waals surface area contributed by atoms with Crippen molar-refractivity contribution in [3.8, 4) is 0 Å². The van der Waals surface area contributed by atoms with Crippen LogP contribution in [0.4, 0.5) is 0 Å². The van der Waals surface area contributed by atoms with Gasteiger partial charge in [0.25, 0.3) is 0 Å². The largest absolute Gasteiger partial charge is 0.327 e. The zero-order valence-corrected chi connectivity index (χ0v) is 11.4. The van der Waals surface area contributed by atoms with Gasteiger partial charge in [0.05, 0.1) is 5.52 Å². The number of nitrogens with zero attached hydrogens (tertiary/aromatic N) is 1.